The Morgan fingerprint density at radius 1 is 1.47 bits per heavy atom. The predicted molar refractivity (Wildman–Crippen MR) is 63.7 cm³/mol. The number of rotatable bonds is 5. The lowest BCUT2D eigenvalue weighted by Gasteiger charge is -2.16. The van der Waals surface area contributed by atoms with Gasteiger partial charge in [-0.1, -0.05) is 5.16 Å². The fourth-order valence-electron chi connectivity index (χ4n) is 1.87. The zero-order valence-electron chi connectivity index (χ0n) is 10.8. The number of aliphatic hydroxyl groups excluding tert-OH is 1. The fraction of sp³-hybridized carbons (Fsp3) is 0.667. The summed E-state index contributed by atoms with van der Waals surface area (Å²) >= 11 is 0. The second kappa shape index (κ2) is 5.82. The molecule has 0 aliphatic rings. The maximum Gasteiger partial charge on any atom is 0.227 e. The SMILES string of the molecule is Cc1noc(C)c1C(C)C(=O)NC(C)CCO. The van der Waals surface area contributed by atoms with Gasteiger partial charge in [-0.15, -0.1) is 0 Å². The van der Waals surface area contributed by atoms with E-state index in [1.165, 1.54) is 0 Å². The molecular formula is C12H20N2O3. The number of carbonyl (C=O) groups is 1. The highest BCUT2D eigenvalue weighted by atomic mass is 16.5. The van der Waals surface area contributed by atoms with Crippen molar-refractivity contribution in [3.8, 4) is 0 Å². The molecule has 0 aliphatic carbocycles. The van der Waals surface area contributed by atoms with Gasteiger partial charge in [0.25, 0.3) is 0 Å². The van der Waals surface area contributed by atoms with Crippen LogP contribution < -0.4 is 5.32 Å². The van der Waals surface area contributed by atoms with Crippen molar-refractivity contribution in [1.29, 1.82) is 0 Å². The van der Waals surface area contributed by atoms with Crippen molar-refractivity contribution in [2.45, 2.75) is 46.1 Å². The third-order valence-electron chi connectivity index (χ3n) is 2.87. The van der Waals surface area contributed by atoms with Crippen LogP contribution in [0.25, 0.3) is 0 Å². The highest BCUT2D eigenvalue weighted by molar-refractivity contribution is 5.83. The molecule has 0 saturated carbocycles. The minimum Gasteiger partial charge on any atom is -0.396 e. The van der Waals surface area contributed by atoms with Crippen LogP contribution >= 0.6 is 0 Å². The number of nitrogens with one attached hydrogen (secondary N) is 1. The number of aliphatic hydroxyl groups is 1. The van der Waals surface area contributed by atoms with Crippen LogP contribution in [0.2, 0.25) is 0 Å². The third kappa shape index (κ3) is 3.30. The summed E-state index contributed by atoms with van der Waals surface area (Å²) in [7, 11) is 0. The second-order valence-corrected chi connectivity index (χ2v) is 4.38. The molecule has 96 valence electrons. The summed E-state index contributed by atoms with van der Waals surface area (Å²) in [6.45, 7) is 7.39. The van der Waals surface area contributed by atoms with Gasteiger partial charge in [-0.25, -0.2) is 0 Å². The quantitative estimate of drug-likeness (QED) is 0.813. The van der Waals surface area contributed by atoms with Crippen LogP contribution in [0.15, 0.2) is 4.52 Å². The molecule has 0 saturated heterocycles. The summed E-state index contributed by atoms with van der Waals surface area (Å²) in [5.74, 6) is 0.322. The van der Waals surface area contributed by atoms with E-state index < -0.39 is 0 Å². The number of aryl methyl sites for hydroxylation is 2. The highest BCUT2D eigenvalue weighted by Gasteiger charge is 2.23. The van der Waals surface area contributed by atoms with E-state index in [-0.39, 0.29) is 24.5 Å². The van der Waals surface area contributed by atoms with Gasteiger partial charge in [-0.05, 0) is 34.1 Å². The Labute approximate surface area is 101 Å². The van der Waals surface area contributed by atoms with E-state index in [0.29, 0.717) is 12.2 Å². The molecule has 5 heteroatoms. The van der Waals surface area contributed by atoms with Crippen molar-refractivity contribution in [3.05, 3.63) is 17.0 Å². The summed E-state index contributed by atoms with van der Waals surface area (Å²) in [6, 6.07) is -0.0320. The zero-order chi connectivity index (χ0) is 13.0. The topological polar surface area (TPSA) is 75.4 Å². The van der Waals surface area contributed by atoms with Gasteiger partial charge in [-0.3, -0.25) is 4.79 Å². The van der Waals surface area contributed by atoms with Gasteiger partial charge in [-0.2, -0.15) is 0 Å². The Kier molecular flexibility index (Phi) is 4.69. The number of hydrogen-bond acceptors (Lipinski definition) is 4. The second-order valence-electron chi connectivity index (χ2n) is 4.38. The molecule has 1 aromatic rings. The van der Waals surface area contributed by atoms with E-state index in [2.05, 4.69) is 10.5 Å². The van der Waals surface area contributed by atoms with Crippen molar-refractivity contribution < 1.29 is 14.4 Å². The maximum absolute atomic E-state index is 12.0. The Balaban J connectivity index is 2.70. The van der Waals surface area contributed by atoms with Crippen LogP contribution in [0.1, 0.15) is 43.2 Å². The first kappa shape index (κ1) is 13.7. The van der Waals surface area contributed by atoms with E-state index >= 15 is 0 Å². The first-order valence-electron chi connectivity index (χ1n) is 5.81. The van der Waals surface area contributed by atoms with Gasteiger partial charge in [0.2, 0.25) is 5.91 Å². The summed E-state index contributed by atoms with van der Waals surface area (Å²) < 4.78 is 5.05. The first-order chi connectivity index (χ1) is 7.97. The zero-order valence-corrected chi connectivity index (χ0v) is 10.8. The van der Waals surface area contributed by atoms with Crippen molar-refractivity contribution >= 4 is 5.91 Å². The molecule has 1 amide bonds. The Hall–Kier alpha value is -1.36. The molecule has 0 aromatic carbocycles. The van der Waals surface area contributed by atoms with E-state index in [1.807, 2.05) is 20.8 Å². The highest BCUT2D eigenvalue weighted by Crippen LogP contribution is 2.23. The van der Waals surface area contributed by atoms with Crippen LogP contribution in [0.3, 0.4) is 0 Å². The molecule has 0 aliphatic heterocycles. The molecule has 2 N–H and O–H groups in total. The van der Waals surface area contributed by atoms with Crippen molar-refractivity contribution in [2.24, 2.45) is 0 Å². The average Bonchev–Trinajstić information content (AvgIpc) is 2.58. The number of carbonyl (C=O) groups excluding carboxylic acids is 1. The van der Waals surface area contributed by atoms with Gasteiger partial charge >= 0.3 is 0 Å². The molecule has 5 nitrogen and oxygen atoms in total. The van der Waals surface area contributed by atoms with Gasteiger partial charge in [0.05, 0.1) is 11.6 Å². The molecule has 1 rings (SSSR count). The molecule has 1 heterocycles. The van der Waals surface area contributed by atoms with E-state index in [0.717, 1.165) is 11.3 Å². The fourth-order valence-corrected chi connectivity index (χ4v) is 1.87. The van der Waals surface area contributed by atoms with Crippen LogP contribution in [-0.2, 0) is 4.79 Å². The van der Waals surface area contributed by atoms with Gasteiger partial charge in [0.15, 0.2) is 0 Å². The van der Waals surface area contributed by atoms with Crippen LogP contribution in [-0.4, -0.2) is 28.8 Å². The summed E-state index contributed by atoms with van der Waals surface area (Å²) in [4.78, 5) is 12.0. The van der Waals surface area contributed by atoms with Crippen molar-refractivity contribution in [1.82, 2.24) is 10.5 Å². The van der Waals surface area contributed by atoms with Gasteiger partial charge in [0.1, 0.15) is 5.76 Å². The summed E-state index contributed by atoms with van der Waals surface area (Å²) in [6.07, 6.45) is 0.556. The lowest BCUT2D eigenvalue weighted by molar-refractivity contribution is -0.122. The Morgan fingerprint density at radius 3 is 2.59 bits per heavy atom. The molecule has 0 fully saturated rings. The van der Waals surface area contributed by atoms with Crippen molar-refractivity contribution in [3.63, 3.8) is 0 Å². The van der Waals surface area contributed by atoms with Gasteiger partial charge in [0, 0.05) is 18.2 Å². The molecule has 2 atom stereocenters. The Morgan fingerprint density at radius 2 is 2.12 bits per heavy atom. The summed E-state index contributed by atoms with van der Waals surface area (Å²) in [5.41, 5.74) is 1.60. The largest absolute Gasteiger partial charge is 0.396 e. The van der Waals surface area contributed by atoms with Gasteiger partial charge < -0.3 is 14.9 Å². The molecule has 1 aromatic heterocycles. The lowest BCUT2D eigenvalue weighted by atomic mass is 9.98. The number of amides is 1. The van der Waals surface area contributed by atoms with E-state index in [4.69, 9.17) is 9.63 Å². The van der Waals surface area contributed by atoms with Crippen molar-refractivity contribution in [2.75, 3.05) is 6.61 Å². The van der Waals surface area contributed by atoms with E-state index in [1.54, 1.807) is 6.92 Å². The third-order valence-corrected chi connectivity index (χ3v) is 2.87. The normalized spacial score (nSPS) is 14.4. The maximum atomic E-state index is 12.0. The first-order valence-corrected chi connectivity index (χ1v) is 5.81. The van der Waals surface area contributed by atoms with Crippen LogP contribution in [0.4, 0.5) is 0 Å². The molecule has 17 heavy (non-hydrogen) atoms. The smallest absolute Gasteiger partial charge is 0.227 e. The summed E-state index contributed by atoms with van der Waals surface area (Å²) in [5, 5.41) is 15.5. The Bertz CT molecular complexity index is 368. The van der Waals surface area contributed by atoms with Crippen LogP contribution in [0, 0.1) is 13.8 Å². The number of nitrogens with zero attached hydrogens (tertiary/aromatic N) is 1. The molecule has 2 unspecified atom stereocenters. The van der Waals surface area contributed by atoms with Crippen LogP contribution in [0.5, 0.6) is 0 Å². The standard InChI is InChI=1S/C12H20N2O3/c1-7(5-6-15)13-12(16)8(2)11-9(3)14-17-10(11)4/h7-8,15H,5-6H2,1-4H3,(H,13,16). The number of hydrogen-bond donors (Lipinski definition) is 2. The molecule has 0 spiro atoms. The molecular weight excluding hydrogens is 220 g/mol. The average molecular weight is 240 g/mol. The van der Waals surface area contributed by atoms with E-state index in [9.17, 15) is 4.79 Å². The lowest BCUT2D eigenvalue weighted by Crippen LogP contribution is -2.36. The monoisotopic (exact) mass is 240 g/mol. The minimum atomic E-state index is -0.289. The number of aromatic nitrogens is 1. The molecule has 0 bridgehead atoms. The molecule has 0 radical (unpaired) electrons. The predicted octanol–water partition coefficient (Wildman–Crippen LogP) is 1.28. The minimum absolute atomic E-state index is 0.0320.